The van der Waals surface area contributed by atoms with Gasteiger partial charge < -0.3 is 14.5 Å². The number of piperazine rings is 1. The molecule has 39 heavy (non-hydrogen) atoms. The normalized spacial score (nSPS) is 17.5. The molecular formula is C30H33FN4O3S. The molecule has 3 aromatic rings. The van der Waals surface area contributed by atoms with Crippen LogP contribution < -0.4 is 4.74 Å². The average molecular weight is 549 g/mol. The maximum absolute atomic E-state index is 13.7. The Balaban J connectivity index is 1.29. The topological polar surface area (TPSA) is 66.0 Å². The van der Waals surface area contributed by atoms with Crippen LogP contribution in [0.25, 0.3) is 0 Å². The van der Waals surface area contributed by atoms with Crippen LogP contribution in [0, 0.1) is 5.82 Å². The van der Waals surface area contributed by atoms with Gasteiger partial charge in [-0.05, 0) is 47.4 Å². The summed E-state index contributed by atoms with van der Waals surface area (Å²) in [5, 5.41) is 2.52. The number of rotatable bonds is 8. The van der Waals surface area contributed by atoms with Gasteiger partial charge in [-0.2, -0.15) is 0 Å². The SMILES string of the molecule is C=CCN1CCN(C(=O)c2csc(COc3ccc4c(c3)C(c3ccc(F)cc3)N(C(=O)CC)CC4)n2)CC1. The van der Waals surface area contributed by atoms with Crippen LogP contribution in [0.4, 0.5) is 4.39 Å². The second-order valence-electron chi connectivity index (χ2n) is 9.80. The van der Waals surface area contributed by atoms with Gasteiger partial charge in [-0.1, -0.05) is 31.2 Å². The molecule has 1 fully saturated rings. The number of fused-ring (bicyclic) bond motifs is 1. The fraction of sp³-hybridized carbons (Fsp3) is 0.367. The van der Waals surface area contributed by atoms with Gasteiger partial charge in [0.2, 0.25) is 5.91 Å². The van der Waals surface area contributed by atoms with E-state index >= 15 is 0 Å². The number of hydrogen-bond acceptors (Lipinski definition) is 6. The quantitative estimate of drug-likeness (QED) is 0.382. The Morgan fingerprint density at radius 3 is 2.62 bits per heavy atom. The predicted octanol–water partition coefficient (Wildman–Crippen LogP) is 4.69. The van der Waals surface area contributed by atoms with E-state index in [1.807, 2.05) is 41.0 Å². The third kappa shape index (κ3) is 6.04. The summed E-state index contributed by atoms with van der Waals surface area (Å²) in [5.74, 6) is 0.361. The van der Waals surface area contributed by atoms with Gasteiger partial charge in [-0.25, -0.2) is 9.37 Å². The summed E-state index contributed by atoms with van der Waals surface area (Å²) >= 11 is 1.41. The maximum atomic E-state index is 13.7. The first-order chi connectivity index (χ1) is 19.0. The van der Waals surface area contributed by atoms with Gasteiger partial charge in [0.05, 0.1) is 6.04 Å². The van der Waals surface area contributed by atoms with Crippen LogP contribution in [-0.4, -0.2) is 70.8 Å². The van der Waals surface area contributed by atoms with Crippen LogP contribution in [0.3, 0.4) is 0 Å². The van der Waals surface area contributed by atoms with E-state index in [0.29, 0.717) is 37.5 Å². The minimum atomic E-state index is -0.309. The number of thiazole rings is 1. The van der Waals surface area contributed by atoms with E-state index in [1.54, 1.807) is 17.5 Å². The van der Waals surface area contributed by atoms with E-state index in [1.165, 1.54) is 23.5 Å². The number of carbonyl (C=O) groups excluding carboxylic acids is 2. The molecule has 1 aromatic heterocycles. The molecule has 1 unspecified atom stereocenters. The zero-order valence-electron chi connectivity index (χ0n) is 22.1. The van der Waals surface area contributed by atoms with Crippen LogP contribution in [0.2, 0.25) is 0 Å². The molecular weight excluding hydrogens is 515 g/mol. The molecule has 7 nitrogen and oxygen atoms in total. The largest absolute Gasteiger partial charge is 0.486 e. The van der Waals surface area contributed by atoms with E-state index in [9.17, 15) is 14.0 Å². The van der Waals surface area contributed by atoms with E-state index in [2.05, 4.69) is 16.5 Å². The highest BCUT2D eigenvalue weighted by molar-refractivity contribution is 7.09. The van der Waals surface area contributed by atoms with E-state index in [0.717, 1.165) is 47.8 Å². The molecule has 0 aliphatic carbocycles. The molecule has 2 amide bonds. The lowest BCUT2D eigenvalue weighted by Crippen LogP contribution is -2.48. The molecule has 5 rings (SSSR count). The molecule has 0 spiro atoms. The van der Waals surface area contributed by atoms with Crippen molar-refractivity contribution in [1.82, 2.24) is 19.7 Å². The fourth-order valence-corrected chi connectivity index (χ4v) is 5.94. The summed E-state index contributed by atoms with van der Waals surface area (Å²) in [6, 6.07) is 12.0. The Kier molecular flexibility index (Phi) is 8.38. The number of aromatic nitrogens is 1. The van der Waals surface area contributed by atoms with Crippen molar-refractivity contribution in [2.24, 2.45) is 0 Å². The molecule has 2 aromatic carbocycles. The van der Waals surface area contributed by atoms with E-state index < -0.39 is 0 Å². The maximum Gasteiger partial charge on any atom is 0.273 e. The Morgan fingerprint density at radius 1 is 1.13 bits per heavy atom. The number of ether oxygens (including phenoxy) is 1. The van der Waals surface area contributed by atoms with Crippen molar-refractivity contribution in [2.45, 2.75) is 32.4 Å². The van der Waals surface area contributed by atoms with E-state index in [4.69, 9.17) is 4.74 Å². The lowest BCUT2D eigenvalue weighted by atomic mass is 9.87. The summed E-state index contributed by atoms with van der Waals surface area (Å²) in [7, 11) is 0. The van der Waals surface area contributed by atoms with Crippen LogP contribution in [0.15, 0.2) is 60.5 Å². The lowest BCUT2D eigenvalue weighted by molar-refractivity contribution is -0.132. The molecule has 1 atom stereocenters. The second-order valence-corrected chi connectivity index (χ2v) is 10.7. The van der Waals surface area contributed by atoms with Gasteiger partial charge in [0.25, 0.3) is 5.91 Å². The minimum absolute atomic E-state index is 0.0487. The summed E-state index contributed by atoms with van der Waals surface area (Å²) in [4.78, 5) is 36.3. The smallest absolute Gasteiger partial charge is 0.273 e. The van der Waals surface area contributed by atoms with Gasteiger partial charge >= 0.3 is 0 Å². The first-order valence-electron chi connectivity index (χ1n) is 13.3. The number of carbonyl (C=O) groups is 2. The number of benzene rings is 2. The van der Waals surface area contributed by atoms with E-state index in [-0.39, 0.29) is 30.3 Å². The summed E-state index contributed by atoms with van der Waals surface area (Å²) in [5.41, 5.74) is 3.45. The molecule has 3 heterocycles. The van der Waals surface area contributed by atoms with Crippen molar-refractivity contribution in [1.29, 1.82) is 0 Å². The van der Waals surface area contributed by atoms with Gasteiger partial charge in [-0.3, -0.25) is 14.5 Å². The summed E-state index contributed by atoms with van der Waals surface area (Å²) in [6.07, 6.45) is 3.04. The highest BCUT2D eigenvalue weighted by atomic mass is 32.1. The van der Waals surface area contributed by atoms with Crippen LogP contribution in [0.5, 0.6) is 5.75 Å². The predicted molar refractivity (Wildman–Crippen MR) is 149 cm³/mol. The van der Waals surface area contributed by atoms with Crippen molar-refractivity contribution in [2.75, 3.05) is 39.3 Å². The Bertz CT molecular complexity index is 1330. The van der Waals surface area contributed by atoms with Gasteiger partial charge in [-0.15, -0.1) is 17.9 Å². The summed E-state index contributed by atoms with van der Waals surface area (Å²) in [6.45, 7) is 10.3. The van der Waals surface area contributed by atoms with Crippen LogP contribution >= 0.6 is 11.3 Å². The van der Waals surface area contributed by atoms with Crippen molar-refractivity contribution < 1.29 is 18.7 Å². The Morgan fingerprint density at radius 2 is 1.90 bits per heavy atom. The minimum Gasteiger partial charge on any atom is -0.486 e. The number of halogens is 1. The monoisotopic (exact) mass is 548 g/mol. The zero-order chi connectivity index (χ0) is 27.4. The number of amides is 2. The van der Waals surface area contributed by atoms with Crippen molar-refractivity contribution in [3.05, 3.63) is 93.7 Å². The molecule has 0 radical (unpaired) electrons. The van der Waals surface area contributed by atoms with Crippen LogP contribution in [0.1, 0.15) is 51.6 Å². The van der Waals surface area contributed by atoms with Gasteiger partial charge in [0.15, 0.2) is 0 Å². The Hall–Kier alpha value is -3.56. The second kappa shape index (κ2) is 12.1. The van der Waals surface area contributed by atoms with Crippen molar-refractivity contribution in [3.63, 3.8) is 0 Å². The first kappa shape index (κ1) is 27.0. The molecule has 0 N–H and O–H groups in total. The third-order valence-electron chi connectivity index (χ3n) is 7.33. The fourth-order valence-electron chi connectivity index (χ4n) is 5.26. The van der Waals surface area contributed by atoms with Crippen LogP contribution in [-0.2, 0) is 17.8 Å². The molecule has 0 bridgehead atoms. The molecule has 204 valence electrons. The third-order valence-corrected chi connectivity index (χ3v) is 8.16. The standard InChI is InChI=1S/C30H33FN4O3S/c1-3-12-33-14-16-34(17-15-33)30(37)26-20-39-27(32-26)19-38-24-10-7-21-11-13-35(28(36)4-2)29(25(21)18-24)22-5-8-23(31)9-6-22/h3,5-10,18,20,29H,1,4,11-17,19H2,2H3. The van der Waals surface area contributed by atoms with Crippen molar-refractivity contribution >= 4 is 23.2 Å². The highest BCUT2D eigenvalue weighted by Gasteiger charge is 2.32. The molecule has 0 saturated carbocycles. The first-order valence-corrected chi connectivity index (χ1v) is 14.2. The average Bonchev–Trinajstić information content (AvgIpc) is 3.45. The van der Waals surface area contributed by atoms with Gasteiger partial charge in [0.1, 0.15) is 28.9 Å². The van der Waals surface area contributed by atoms with Crippen molar-refractivity contribution in [3.8, 4) is 5.75 Å². The van der Waals surface area contributed by atoms with Gasteiger partial charge in [0, 0.05) is 51.1 Å². The highest BCUT2D eigenvalue weighted by Crippen LogP contribution is 2.37. The molecule has 2 aliphatic rings. The zero-order valence-corrected chi connectivity index (χ0v) is 23.0. The Labute approximate surface area is 232 Å². The number of nitrogens with zero attached hydrogens (tertiary/aromatic N) is 4. The number of hydrogen-bond donors (Lipinski definition) is 0. The summed E-state index contributed by atoms with van der Waals surface area (Å²) < 4.78 is 19.8. The molecule has 2 aliphatic heterocycles. The molecule has 9 heteroatoms. The molecule has 1 saturated heterocycles. The lowest BCUT2D eigenvalue weighted by Gasteiger charge is -2.38.